The number of nitrogens with two attached hydrogens (primary N) is 1. The number of nitrogen functional groups attached to an aromatic ring is 1. The Balaban J connectivity index is 3.24. The van der Waals surface area contributed by atoms with E-state index in [4.69, 9.17) is 15.2 Å². The summed E-state index contributed by atoms with van der Waals surface area (Å²) in [6.07, 6.45) is 0. The zero-order chi connectivity index (χ0) is 14.4. The minimum Gasteiger partial charge on any atom is -0.465 e. The predicted molar refractivity (Wildman–Crippen MR) is 72.1 cm³/mol. The average Bonchev–Trinajstić information content (AvgIpc) is 2.39. The third kappa shape index (κ3) is 3.45. The summed E-state index contributed by atoms with van der Waals surface area (Å²) in [5.41, 5.74) is 6.90. The summed E-state index contributed by atoms with van der Waals surface area (Å²) in [5, 5.41) is 0. The molecule has 0 spiro atoms. The number of amides is 1. The number of ether oxygens (including phenoxy) is 2. The van der Waals surface area contributed by atoms with Gasteiger partial charge in [-0.15, -0.1) is 0 Å². The molecule has 6 nitrogen and oxygen atoms in total. The Morgan fingerprint density at radius 1 is 1.32 bits per heavy atom. The largest absolute Gasteiger partial charge is 0.465 e. The van der Waals surface area contributed by atoms with E-state index < -0.39 is 5.97 Å². The molecule has 0 fully saturated rings. The fraction of sp³-hybridized carbons (Fsp3) is 0.385. The molecule has 0 saturated heterocycles. The molecule has 0 radical (unpaired) electrons. The summed E-state index contributed by atoms with van der Waals surface area (Å²) >= 11 is 0. The summed E-state index contributed by atoms with van der Waals surface area (Å²) in [5.74, 6) is -0.764. The lowest BCUT2D eigenvalue weighted by Gasteiger charge is -2.23. The van der Waals surface area contributed by atoms with Gasteiger partial charge in [-0.2, -0.15) is 0 Å². The molecule has 0 heterocycles. The molecule has 19 heavy (non-hydrogen) atoms. The summed E-state index contributed by atoms with van der Waals surface area (Å²) in [7, 11) is 2.72. The maximum Gasteiger partial charge on any atom is 0.339 e. The highest BCUT2D eigenvalue weighted by Gasteiger charge is 2.21. The summed E-state index contributed by atoms with van der Waals surface area (Å²) in [4.78, 5) is 25.1. The number of hydrogen-bond donors (Lipinski definition) is 1. The van der Waals surface area contributed by atoms with E-state index in [0.717, 1.165) is 0 Å². The Labute approximate surface area is 112 Å². The number of methoxy groups -OCH3 is 2. The van der Waals surface area contributed by atoms with Crippen molar-refractivity contribution in [1.29, 1.82) is 0 Å². The quantitative estimate of drug-likeness (QED) is 0.636. The Morgan fingerprint density at radius 3 is 2.53 bits per heavy atom. The van der Waals surface area contributed by atoms with Gasteiger partial charge in [0.05, 0.1) is 18.4 Å². The van der Waals surface area contributed by atoms with Gasteiger partial charge in [0.2, 0.25) is 0 Å². The number of benzene rings is 1. The number of anilines is 2. The van der Waals surface area contributed by atoms with Crippen LogP contribution in [0.5, 0.6) is 0 Å². The lowest BCUT2D eigenvalue weighted by Crippen LogP contribution is -2.34. The van der Waals surface area contributed by atoms with Crippen LogP contribution in [0.4, 0.5) is 11.4 Å². The molecule has 1 amide bonds. The van der Waals surface area contributed by atoms with Gasteiger partial charge in [-0.25, -0.2) is 4.79 Å². The highest BCUT2D eigenvalue weighted by atomic mass is 16.5. The number of nitrogens with zero attached hydrogens (tertiary/aromatic N) is 1. The lowest BCUT2D eigenvalue weighted by molar-refractivity contribution is -0.122. The van der Waals surface area contributed by atoms with Crippen molar-refractivity contribution in [1.82, 2.24) is 0 Å². The van der Waals surface area contributed by atoms with Crippen LogP contribution in [-0.2, 0) is 14.3 Å². The van der Waals surface area contributed by atoms with Crippen LogP contribution in [0.15, 0.2) is 18.2 Å². The molecule has 0 saturated carbocycles. The van der Waals surface area contributed by atoms with Crippen molar-refractivity contribution in [2.45, 2.75) is 6.92 Å². The minimum absolute atomic E-state index is 0.0662. The number of rotatable bonds is 5. The van der Waals surface area contributed by atoms with Gasteiger partial charge in [0.25, 0.3) is 5.91 Å². The van der Waals surface area contributed by atoms with Crippen molar-refractivity contribution < 1.29 is 19.1 Å². The summed E-state index contributed by atoms with van der Waals surface area (Å²) in [6, 6.07) is 4.70. The Hall–Kier alpha value is -2.08. The van der Waals surface area contributed by atoms with Gasteiger partial charge < -0.3 is 20.1 Å². The first-order valence-corrected chi connectivity index (χ1v) is 5.82. The second kappa shape index (κ2) is 6.75. The fourth-order valence-corrected chi connectivity index (χ4v) is 1.74. The second-order valence-electron chi connectivity index (χ2n) is 3.84. The van der Waals surface area contributed by atoms with Gasteiger partial charge in [-0.1, -0.05) is 0 Å². The van der Waals surface area contributed by atoms with Crippen LogP contribution in [0.25, 0.3) is 0 Å². The Morgan fingerprint density at radius 2 is 2.00 bits per heavy atom. The van der Waals surface area contributed by atoms with E-state index in [2.05, 4.69) is 0 Å². The Bertz CT molecular complexity index is 474. The van der Waals surface area contributed by atoms with E-state index in [1.165, 1.54) is 19.1 Å². The van der Waals surface area contributed by atoms with Crippen LogP contribution >= 0.6 is 0 Å². The molecule has 0 bridgehead atoms. The first-order valence-electron chi connectivity index (χ1n) is 5.82. The van der Waals surface area contributed by atoms with Crippen molar-refractivity contribution >= 4 is 23.3 Å². The van der Waals surface area contributed by atoms with E-state index >= 15 is 0 Å². The molecular formula is C13H18N2O4. The molecule has 6 heteroatoms. The number of carbonyl (C=O) groups is 2. The van der Waals surface area contributed by atoms with Crippen molar-refractivity contribution in [3.05, 3.63) is 23.8 Å². The molecular weight excluding hydrogens is 248 g/mol. The van der Waals surface area contributed by atoms with E-state index in [1.54, 1.807) is 25.1 Å². The maximum absolute atomic E-state index is 12.0. The van der Waals surface area contributed by atoms with Crippen LogP contribution in [-0.4, -0.2) is 39.2 Å². The zero-order valence-electron chi connectivity index (χ0n) is 11.3. The molecule has 1 rings (SSSR count). The van der Waals surface area contributed by atoms with E-state index in [0.29, 0.717) is 23.5 Å². The van der Waals surface area contributed by atoms with Crippen molar-refractivity contribution in [2.75, 3.05) is 38.0 Å². The molecule has 104 valence electrons. The van der Waals surface area contributed by atoms with Crippen LogP contribution in [0.2, 0.25) is 0 Å². The molecule has 0 aliphatic rings. The van der Waals surface area contributed by atoms with E-state index in [1.807, 2.05) is 0 Å². The first kappa shape index (κ1) is 15.0. The number of carbonyl (C=O) groups excluding carboxylic acids is 2. The van der Waals surface area contributed by atoms with Gasteiger partial charge in [-0.3, -0.25) is 4.79 Å². The summed E-state index contributed by atoms with van der Waals surface area (Å²) < 4.78 is 9.53. The molecule has 0 unspecified atom stereocenters. The average molecular weight is 266 g/mol. The third-order valence-corrected chi connectivity index (χ3v) is 2.60. The smallest absolute Gasteiger partial charge is 0.339 e. The predicted octanol–water partition coefficient (Wildman–Crippen LogP) is 1.05. The van der Waals surface area contributed by atoms with Gasteiger partial charge in [0.1, 0.15) is 6.61 Å². The highest BCUT2D eigenvalue weighted by molar-refractivity contribution is 6.03. The molecule has 0 aliphatic carbocycles. The molecule has 0 aliphatic heterocycles. The van der Waals surface area contributed by atoms with Crippen molar-refractivity contribution in [3.63, 3.8) is 0 Å². The zero-order valence-corrected chi connectivity index (χ0v) is 11.3. The fourth-order valence-electron chi connectivity index (χ4n) is 1.74. The Kier molecular flexibility index (Phi) is 5.32. The standard InChI is InChI=1S/C13H18N2O4/c1-4-15(12(16)8-18-2)11-7-9(14)5-6-10(11)13(17)19-3/h5-7H,4,8,14H2,1-3H3. The monoisotopic (exact) mass is 266 g/mol. The van der Waals surface area contributed by atoms with E-state index in [-0.39, 0.29) is 12.5 Å². The molecule has 0 atom stereocenters. The molecule has 2 N–H and O–H groups in total. The number of hydrogen-bond acceptors (Lipinski definition) is 5. The van der Waals surface area contributed by atoms with Gasteiger partial charge in [0.15, 0.2) is 0 Å². The van der Waals surface area contributed by atoms with Crippen molar-refractivity contribution in [3.8, 4) is 0 Å². The minimum atomic E-state index is -0.515. The lowest BCUT2D eigenvalue weighted by atomic mass is 10.1. The second-order valence-corrected chi connectivity index (χ2v) is 3.84. The van der Waals surface area contributed by atoms with Crippen LogP contribution in [0.1, 0.15) is 17.3 Å². The van der Waals surface area contributed by atoms with Gasteiger partial charge in [-0.05, 0) is 25.1 Å². The van der Waals surface area contributed by atoms with Crippen molar-refractivity contribution in [2.24, 2.45) is 0 Å². The first-order chi connectivity index (χ1) is 9.04. The van der Waals surface area contributed by atoms with Crippen LogP contribution in [0.3, 0.4) is 0 Å². The normalized spacial score (nSPS) is 10.1. The maximum atomic E-state index is 12.0. The topological polar surface area (TPSA) is 81.9 Å². The summed E-state index contributed by atoms with van der Waals surface area (Å²) in [6.45, 7) is 2.14. The highest BCUT2D eigenvalue weighted by Crippen LogP contribution is 2.24. The van der Waals surface area contributed by atoms with Gasteiger partial charge in [0, 0.05) is 19.3 Å². The number of esters is 1. The van der Waals surface area contributed by atoms with Crippen LogP contribution in [0, 0.1) is 0 Å². The third-order valence-electron chi connectivity index (χ3n) is 2.60. The SMILES string of the molecule is CCN(C(=O)COC)c1cc(N)ccc1C(=O)OC. The van der Waals surface area contributed by atoms with Gasteiger partial charge >= 0.3 is 5.97 Å². The molecule has 1 aromatic rings. The number of likely N-dealkylation sites (N-methyl/N-ethyl adjacent to an activating group) is 1. The molecule has 1 aromatic carbocycles. The van der Waals surface area contributed by atoms with E-state index in [9.17, 15) is 9.59 Å². The van der Waals surface area contributed by atoms with Crippen LogP contribution < -0.4 is 10.6 Å². The molecule has 0 aromatic heterocycles.